The van der Waals surface area contributed by atoms with Crippen LogP contribution >= 0.6 is 0 Å². The fourth-order valence-electron chi connectivity index (χ4n) is 3.05. The molecule has 0 amide bonds. The lowest BCUT2D eigenvalue weighted by molar-refractivity contribution is 0.0525. The minimum atomic E-state index is 0.360. The number of anilines is 1. The lowest BCUT2D eigenvalue weighted by Crippen LogP contribution is -2.40. The van der Waals surface area contributed by atoms with Crippen LogP contribution in [0.25, 0.3) is 0 Å². The summed E-state index contributed by atoms with van der Waals surface area (Å²) in [6.07, 6.45) is 5.39. The van der Waals surface area contributed by atoms with Gasteiger partial charge in [0.05, 0.1) is 6.10 Å². The molecule has 0 radical (unpaired) electrons. The second kappa shape index (κ2) is 6.75. The van der Waals surface area contributed by atoms with E-state index >= 15 is 0 Å². The van der Waals surface area contributed by atoms with Crippen molar-refractivity contribution in [2.24, 2.45) is 0 Å². The number of ether oxygens (including phenoxy) is 1. The molecule has 1 aromatic rings. The van der Waals surface area contributed by atoms with E-state index in [1.807, 2.05) is 0 Å². The van der Waals surface area contributed by atoms with E-state index in [0.29, 0.717) is 6.10 Å². The summed E-state index contributed by atoms with van der Waals surface area (Å²) in [7, 11) is 0. The number of aromatic nitrogens is 1. The van der Waals surface area contributed by atoms with Gasteiger partial charge in [-0.2, -0.15) is 0 Å². The molecule has 0 bridgehead atoms. The van der Waals surface area contributed by atoms with Gasteiger partial charge < -0.3 is 15.0 Å². The van der Waals surface area contributed by atoms with Crippen LogP contribution in [0.15, 0.2) is 12.1 Å². The van der Waals surface area contributed by atoms with Gasteiger partial charge in [0, 0.05) is 38.0 Å². The molecule has 1 N–H and O–H groups in total. The number of pyridine rings is 1. The Hall–Kier alpha value is -1.13. The molecule has 0 aromatic carbocycles. The van der Waals surface area contributed by atoms with Crippen LogP contribution in [-0.2, 0) is 11.3 Å². The Balaban J connectivity index is 1.67. The molecule has 1 aromatic heterocycles. The second-order valence-electron chi connectivity index (χ2n) is 6.30. The largest absolute Gasteiger partial charge is 0.377 e. The molecule has 0 spiro atoms. The summed E-state index contributed by atoms with van der Waals surface area (Å²) in [6.45, 7) is 8.00. The van der Waals surface area contributed by atoms with Gasteiger partial charge >= 0.3 is 0 Å². The van der Waals surface area contributed by atoms with Gasteiger partial charge in [0.15, 0.2) is 0 Å². The van der Waals surface area contributed by atoms with E-state index in [1.54, 1.807) is 0 Å². The van der Waals surface area contributed by atoms with Crippen molar-refractivity contribution >= 4 is 5.82 Å². The topological polar surface area (TPSA) is 37.4 Å². The van der Waals surface area contributed by atoms with Crippen LogP contribution in [0, 0.1) is 6.92 Å². The molecule has 2 heterocycles. The average molecular weight is 289 g/mol. The zero-order chi connectivity index (χ0) is 14.7. The van der Waals surface area contributed by atoms with Crippen molar-refractivity contribution in [1.82, 2.24) is 10.3 Å². The molecule has 4 nitrogen and oxygen atoms in total. The molecule has 1 saturated heterocycles. The maximum absolute atomic E-state index is 5.80. The van der Waals surface area contributed by atoms with E-state index in [2.05, 4.69) is 36.2 Å². The van der Waals surface area contributed by atoms with Gasteiger partial charge in [-0.1, -0.05) is 0 Å². The second-order valence-corrected chi connectivity index (χ2v) is 6.30. The Labute approximate surface area is 127 Å². The van der Waals surface area contributed by atoms with E-state index in [9.17, 15) is 0 Å². The summed E-state index contributed by atoms with van der Waals surface area (Å²) in [6, 6.07) is 5.19. The number of nitrogens with one attached hydrogen (secondary N) is 1. The van der Waals surface area contributed by atoms with Gasteiger partial charge in [0.2, 0.25) is 0 Å². The van der Waals surface area contributed by atoms with Crippen molar-refractivity contribution in [1.29, 1.82) is 0 Å². The van der Waals surface area contributed by atoms with Crippen molar-refractivity contribution in [3.63, 3.8) is 0 Å². The molecule has 1 unspecified atom stereocenters. The predicted octanol–water partition coefficient (Wildman–Crippen LogP) is 2.65. The number of rotatable bonds is 6. The molecule has 4 heteroatoms. The molecule has 2 aliphatic rings. The molecule has 1 atom stereocenters. The smallest absolute Gasteiger partial charge is 0.129 e. The van der Waals surface area contributed by atoms with Crippen LogP contribution in [0.1, 0.15) is 43.9 Å². The van der Waals surface area contributed by atoms with Crippen LogP contribution in [0.2, 0.25) is 0 Å². The Bertz CT molecular complexity index is 471. The van der Waals surface area contributed by atoms with Crippen LogP contribution < -0.4 is 10.2 Å². The van der Waals surface area contributed by atoms with Gasteiger partial charge in [-0.15, -0.1) is 0 Å². The van der Waals surface area contributed by atoms with Crippen molar-refractivity contribution in [3.8, 4) is 0 Å². The fraction of sp³-hybridized carbons (Fsp3) is 0.706. The summed E-state index contributed by atoms with van der Waals surface area (Å²) in [5.41, 5.74) is 2.46. The highest BCUT2D eigenvalue weighted by molar-refractivity contribution is 5.43. The maximum Gasteiger partial charge on any atom is 0.129 e. The Morgan fingerprint density at radius 3 is 2.95 bits per heavy atom. The molecule has 3 rings (SSSR count). The maximum atomic E-state index is 5.80. The molecule has 21 heavy (non-hydrogen) atoms. The van der Waals surface area contributed by atoms with E-state index in [0.717, 1.165) is 43.8 Å². The zero-order valence-corrected chi connectivity index (χ0v) is 13.3. The quantitative estimate of drug-likeness (QED) is 0.873. The first-order valence-electron chi connectivity index (χ1n) is 8.32. The van der Waals surface area contributed by atoms with Crippen molar-refractivity contribution in [3.05, 3.63) is 23.4 Å². The summed E-state index contributed by atoms with van der Waals surface area (Å²) in [4.78, 5) is 7.12. The van der Waals surface area contributed by atoms with Crippen molar-refractivity contribution in [2.75, 3.05) is 24.6 Å². The van der Waals surface area contributed by atoms with Crippen LogP contribution in [0.3, 0.4) is 0 Å². The lowest BCUT2D eigenvalue weighted by Gasteiger charge is -2.33. The molecule has 2 fully saturated rings. The lowest BCUT2D eigenvalue weighted by atomic mass is 10.1. The highest BCUT2D eigenvalue weighted by Gasteiger charge is 2.22. The molecule has 1 saturated carbocycles. The Kier molecular flexibility index (Phi) is 4.76. The van der Waals surface area contributed by atoms with E-state index in [1.165, 1.54) is 31.2 Å². The summed E-state index contributed by atoms with van der Waals surface area (Å²) < 4.78 is 5.80. The van der Waals surface area contributed by atoms with Gasteiger partial charge in [0.25, 0.3) is 0 Å². The van der Waals surface area contributed by atoms with Crippen molar-refractivity contribution in [2.45, 2.75) is 58.2 Å². The molecule has 1 aliphatic carbocycles. The molecular formula is C17H27N3O. The minimum Gasteiger partial charge on any atom is -0.377 e. The van der Waals surface area contributed by atoms with Crippen LogP contribution in [0.5, 0.6) is 0 Å². The van der Waals surface area contributed by atoms with E-state index < -0.39 is 0 Å². The number of piperidine rings is 1. The SMILES string of the molecule is CCOC1CCCN(c2cc(CNC3CC3)cc(C)n2)C1. The molecule has 116 valence electrons. The Morgan fingerprint density at radius 1 is 1.33 bits per heavy atom. The average Bonchev–Trinajstić information content (AvgIpc) is 3.29. The van der Waals surface area contributed by atoms with Gasteiger partial charge in [0.1, 0.15) is 5.82 Å². The third-order valence-electron chi connectivity index (χ3n) is 4.28. The number of hydrogen-bond donors (Lipinski definition) is 1. The first-order chi connectivity index (χ1) is 10.2. The number of nitrogens with zero attached hydrogens (tertiary/aromatic N) is 2. The third-order valence-corrected chi connectivity index (χ3v) is 4.28. The summed E-state index contributed by atoms with van der Waals surface area (Å²) in [5.74, 6) is 1.12. The Morgan fingerprint density at radius 2 is 2.19 bits per heavy atom. The predicted molar refractivity (Wildman–Crippen MR) is 85.7 cm³/mol. The minimum absolute atomic E-state index is 0.360. The van der Waals surface area contributed by atoms with Crippen molar-refractivity contribution < 1.29 is 4.74 Å². The molecule has 1 aliphatic heterocycles. The van der Waals surface area contributed by atoms with E-state index in [4.69, 9.17) is 9.72 Å². The van der Waals surface area contributed by atoms with Gasteiger partial charge in [-0.3, -0.25) is 0 Å². The number of aryl methyl sites for hydroxylation is 1. The van der Waals surface area contributed by atoms with Gasteiger partial charge in [-0.25, -0.2) is 4.98 Å². The monoisotopic (exact) mass is 289 g/mol. The van der Waals surface area contributed by atoms with E-state index in [-0.39, 0.29) is 0 Å². The first-order valence-corrected chi connectivity index (χ1v) is 8.32. The fourth-order valence-corrected chi connectivity index (χ4v) is 3.05. The van der Waals surface area contributed by atoms with Crippen LogP contribution in [-0.4, -0.2) is 36.8 Å². The standard InChI is InChI=1S/C17H27N3O/c1-3-21-16-5-4-8-20(12-16)17-10-14(9-13(2)19-17)11-18-15-6-7-15/h9-10,15-16,18H,3-8,11-12H2,1-2H3. The normalized spacial score (nSPS) is 22.6. The highest BCUT2D eigenvalue weighted by Crippen LogP contribution is 2.23. The van der Waals surface area contributed by atoms with Gasteiger partial charge in [-0.05, 0) is 57.2 Å². The highest BCUT2D eigenvalue weighted by atomic mass is 16.5. The molecular weight excluding hydrogens is 262 g/mol. The third kappa shape index (κ3) is 4.17. The van der Waals surface area contributed by atoms with Crippen LogP contribution in [0.4, 0.5) is 5.82 Å². The number of hydrogen-bond acceptors (Lipinski definition) is 4. The summed E-state index contributed by atoms with van der Waals surface area (Å²) >= 11 is 0. The zero-order valence-electron chi connectivity index (χ0n) is 13.3. The summed E-state index contributed by atoms with van der Waals surface area (Å²) in [5, 5.41) is 3.59. The first kappa shape index (κ1) is 14.8.